The summed E-state index contributed by atoms with van der Waals surface area (Å²) in [5, 5.41) is 7.89. The fraction of sp³-hybridized carbons (Fsp3) is 0.444. The van der Waals surface area contributed by atoms with Gasteiger partial charge in [0.15, 0.2) is 6.61 Å². The van der Waals surface area contributed by atoms with Crippen molar-refractivity contribution in [3.63, 3.8) is 0 Å². The lowest BCUT2D eigenvalue weighted by Gasteiger charge is -2.12. The van der Waals surface area contributed by atoms with E-state index in [2.05, 4.69) is 16.0 Å². The zero-order valence-corrected chi connectivity index (χ0v) is 15.5. The van der Waals surface area contributed by atoms with Crippen molar-refractivity contribution in [2.75, 3.05) is 13.2 Å². The van der Waals surface area contributed by atoms with Gasteiger partial charge in [0.05, 0.1) is 6.42 Å². The summed E-state index contributed by atoms with van der Waals surface area (Å²) in [6.45, 7) is -0.494. The monoisotopic (exact) mass is 395 g/mol. The summed E-state index contributed by atoms with van der Waals surface area (Å²) >= 11 is 5.75. The molecule has 1 saturated carbocycles. The fourth-order valence-electron chi connectivity index (χ4n) is 2.65. The van der Waals surface area contributed by atoms with Crippen molar-refractivity contribution >= 4 is 35.4 Å². The summed E-state index contributed by atoms with van der Waals surface area (Å²) < 4.78 is 4.78. The molecule has 2 rings (SSSR count). The number of halogens is 1. The summed E-state index contributed by atoms with van der Waals surface area (Å²) in [6, 6.07) is 5.81. The number of amides is 4. The molecule has 8 nitrogen and oxygen atoms in total. The average Bonchev–Trinajstić information content (AvgIpc) is 3.13. The van der Waals surface area contributed by atoms with Crippen LogP contribution >= 0.6 is 11.6 Å². The predicted molar refractivity (Wildman–Crippen MR) is 98.3 cm³/mol. The van der Waals surface area contributed by atoms with Crippen LogP contribution in [0.1, 0.15) is 42.5 Å². The molecule has 1 aliphatic rings. The number of nitrogens with one attached hydrogen (secondary N) is 3. The molecule has 1 aromatic carbocycles. The molecule has 0 bridgehead atoms. The molecule has 0 atom stereocenters. The summed E-state index contributed by atoms with van der Waals surface area (Å²) in [5.74, 6) is -1.71. The van der Waals surface area contributed by atoms with Crippen LogP contribution in [-0.4, -0.2) is 43.0 Å². The highest BCUT2D eigenvalue weighted by Crippen LogP contribution is 2.17. The van der Waals surface area contributed by atoms with E-state index in [0.29, 0.717) is 10.6 Å². The van der Waals surface area contributed by atoms with E-state index in [1.807, 2.05) is 0 Å². The SMILES string of the molecule is O=C(COC(=O)CCNC(=O)c1ccc(Cl)cc1)NC(=O)NC1CCCC1. The minimum absolute atomic E-state index is 0.0596. The second-order valence-electron chi connectivity index (χ2n) is 6.18. The average molecular weight is 396 g/mol. The maximum Gasteiger partial charge on any atom is 0.321 e. The third-order valence-electron chi connectivity index (χ3n) is 4.03. The summed E-state index contributed by atoms with van der Waals surface area (Å²) in [7, 11) is 0. The molecule has 0 aromatic heterocycles. The Kier molecular flexibility index (Phi) is 8.06. The van der Waals surface area contributed by atoms with Crippen LogP contribution in [0.4, 0.5) is 4.79 Å². The topological polar surface area (TPSA) is 114 Å². The Morgan fingerprint density at radius 1 is 1.07 bits per heavy atom. The number of rotatable bonds is 7. The smallest absolute Gasteiger partial charge is 0.321 e. The minimum Gasteiger partial charge on any atom is -0.456 e. The maximum absolute atomic E-state index is 11.9. The third kappa shape index (κ3) is 7.65. The van der Waals surface area contributed by atoms with Crippen molar-refractivity contribution in [1.82, 2.24) is 16.0 Å². The summed E-state index contributed by atoms with van der Waals surface area (Å²) in [5.41, 5.74) is 0.417. The van der Waals surface area contributed by atoms with Gasteiger partial charge >= 0.3 is 12.0 Å². The molecular formula is C18H22ClN3O5. The maximum atomic E-state index is 11.9. The van der Waals surface area contributed by atoms with Crippen LogP contribution in [-0.2, 0) is 14.3 Å². The Hall–Kier alpha value is -2.61. The highest BCUT2D eigenvalue weighted by molar-refractivity contribution is 6.30. The molecule has 1 aromatic rings. The minimum atomic E-state index is -0.705. The first-order chi connectivity index (χ1) is 12.9. The first-order valence-corrected chi connectivity index (χ1v) is 9.11. The van der Waals surface area contributed by atoms with Gasteiger partial charge in [0, 0.05) is 23.2 Å². The quantitative estimate of drug-likeness (QED) is 0.609. The number of benzene rings is 1. The molecule has 0 unspecified atom stereocenters. The Balaban J connectivity index is 1.58. The fourth-order valence-corrected chi connectivity index (χ4v) is 2.78. The molecule has 0 aliphatic heterocycles. The van der Waals surface area contributed by atoms with Gasteiger partial charge in [-0.25, -0.2) is 4.79 Å². The molecule has 9 heteroatoms. The van der Waals surface area contributed by atoms with Gasteiger partial charge in [-0.2, -0.15) is 0 Å². The molecule has 0 saturated heterocycles. The lowest BCUT2D eigenvalue weighted by molar-refractivity contribution is -0.148. The first kappa shape index (κ1) is 20.7. The highest BCUT2D eigenvalue weighted by atomic mass is 35.5. The van der Waals surface area contributed by atoms with Gasteiger partial charge in [-0.05, 0) is 37.1 Å². The molecule has 146 valence electrons. The van der Waals surface area contributed by atoms with Gasteiger partial charge in [-0.15, -0.1) is 0 Å². The normalized spacial score (nSPS) is 13.7. The van der Waals surface area contributed by atoms with E-state index in [9.17, 15) is 19.2 Å². The van der Waals surface area contributed by atoms with Gasteiger partial charge in [0.1, 0.15) is 0 Å². The van der Waals surface area contributed by atoms with Gasteiger partial charge in [0.2, 0.25) is 0 Å². The van der Waals surface area contributed by atoms with Crippen molar-refractivity contribution in [3.8, 4) is 0 Å². The number of ether oxygens (including phenoxy) is 1. The number of hydrogen-bond donors (Lipinski definition) is 3. The van der Waals surface area contributed by atoms with E-state index in [1.54, 1.807) is 24.3 Å². The van der Waals surface area contributed by atoms with Gasteiger partial charge in [0.25, 0.3) is 11.8 Å². The van der Waals surface area contributed by atoms with Gasteiger partial charge < -0.3 is 15.4 Å². The Labute approximate surface area is 162 Å². The molecule has 1 aliphatic carbocycles. The van der Waals surface area contributed by atoms with Crippen LogP contribution in [0.15, 0.2) is 24.3 Å². The van der Waals surface area contributed by atoms with Crippen LogP contribution in [0.25, 0.3) is 0 Å². The largest absolute Gasteiger partial charge is 0.456 e. The molecule has 4 amide bonds. The van der Waals surface area contributed by atoms with Crippen LogP contribution in [0.5, 0.6) is 0 Å². The highest BCUT2D eigenvalue weighted by Gasteiger charge is 2.18. The van der Waals surface area contributed by atoms with E-state index >= 15 is 0 Å². The molecule has 27 heavy (non-hydrogen) atoms. The zero-order valence-electron chi connectivity index (χ0n) is 14.8. The van der Waals surface area contributed by atoms with E-state index < -0.39 is 24.5 Å². The first-order valence-electron chi connectivity index (χ1n) is 8.74. The van der Waals surface area contributed by atoms with Crippen LogP contribution in [0.2, 0.25) is 5.02 Å². The van der Waals surface area contributed by atoms with Crippen molar-refractivity contribution in [2.24, 2.45) is 0 Å². The summed E-state index contributed by atoms with van der Waals surface area (Å²) in [4.78, 5) is 46.7. The predicted octanol–water partition coefficient (Wildman–Crippen LogP) is 1.77. The molecule has 0 heterocycles. The number of carbonyl (C=O) groups excluding carboxylic acids is 4. The zero-order chi connectivity index (χ0) is 19.6. The van der Waals surface area contributed by atoms with E-state index in [1.165, 1.54) is 0 Å². The molecular weight excluding hydrogens is 374 g/mol. The molecule has 1 fully saturated rings. The summed E-state index contributed by atoms with van der Waals surface area (Å²) in [6.07, 6.45) is 3.83. The molecule has 3 N–H and O–H groups in total. The number of esters is 1. The van der Waals surface area contributed by atoms with Gasteiger partial charge in [-0.1, -0.05) is 24.4 Å². The Morgan fingerprint density at radius 2 is 1.74 bits per heavy atom. The second kappa shape index (κ2) is 10.5. The second-order valence-corrected chi connectivity index (χ2v) is 6.61. The Bertz CT molecular complexity index is 687. The van der Waals surface area contributed by atoms with Crippen LogP contribution in [0.3, 0.4) is 0 Å². The lowest BCUT2D eigenvalue weighted by atomic mass is 10.2. The van der Waals surface area contributed by atoms with Crippen molar-refractivity contribution in [1.29, 1.82) is 0 Å². The molecule has 0 radical (unpaired) electrons. The lowest BCUT2D eigenvalue weighted by Crippen LogP contribution is -2.45. The standard InChI is InChI=1S/C18H22ClN3O5/c19-13-7-5-12(6-8-13)17(25)20-10-9-16(24)27-11-15(23)22-18(26)21-14-3-1-2-4-14/h5-8,14H,1-4,9-11H2,(H,20,25)(H2,21,22,23,26). The Morgan fingerprint density at radius 3 is 2.41 bits per heavy atom. The van der Waals surface area contributed by atoms with Crippen LogP contribution in [0, 0.1) is 0 Å². The third-order valence-corrected chi connectivity index (χ3v) is 4.28. The van der Waals surface area contributed by atoms with E-state index in [-0.39, 0.29) is 24.9 Å². The van der Waals surface area contributed by atoms with E-state index in [4.69, 9.17) is 16.3 Å². The number of carbonyl (C=O) groups is 4. The number of imide groups is 1. The van der Waals surface area contributed by atoms with E-state index in [0.717, 1.165) is 25.7 Å². The van der Waals surface area contributed by atoms with Crippen LogP contribution < -0.4 is 16.0 Å². The van der Waals surface area contributed by atoms with Crippen molar-refractivity contribution in [2.45, 2.75) is 38.1 Å². The molecule has 0 spiro atoms. The van der Waals surface area contributed by atoms with Gasteiger partial charge in [-0.3, -0.25) is 19.7 Å². The number of urea groups is 1. The van der Waals surface area contributed by atoms with Crippen molar-refractivity contribution in [3.05, 3.63) is 34.9 Å². The number of hydrogen-bond acceptors (Lipinski definition) is 5. The van der Waals surface area contributed by atoms with Crippen molar-refractivity contribution < 1.29 is 23.9 Å².